The Morgan fingerprint density at radius 2 is 2.20 bits per heavy atom. The number of nitrogens with zero attached hydrogens (tertiary/aromatic N) is 3. The molecule has 3 N–H and O–H groups in total. The van der Waals surface area contributed by atoms with Crippen molar-refractivity contribution in [1.29, 1.82) is 0 Å². The Balaban J connectivity index is 1.96. The molecule has 2 rings (SSSR count). The number of nitrogens with one attached hydrogen (secondary N) is 1. The molecule has 2 heterocycles. The summed E-state index contributed by atoms with van der Waals surface area (Å²) in [5, 5.41) is 3.64. The van der Waals surface area contributed by atoms with Gasteiger partial charge in [0.15, 0.2) is 10.9 Å². The van der Waals surface area contributed by atoms with Crippen LogP contribution in [-0.2, 0) is 23.0 Å². The van der Waals surface area contributed by atoms with Crippen LogP contribution in [0.25, 0.3) is 0 Å². The van der Waals surface area contributed by atoms with E-state index in [1.165, 1.54) is 12.3 Å². The van der Waals surface area contributed by atoms with Crippen LogP contribution in [0.5, 0.6) is 0 Å². The van der Waals surface area contributed by atoms with Gasteiger partial charge in [0.25, 0.3) is 10.0 Å². The molecule has 0 amide bonds. The highest BCUT2D eigenvalue weighted by Crippen LogP contribution is 2.06. The molecule has 0 aliphatic heterocycles. The molecule has 9 heteroatoms. The van der Waals surface area contributed by atoms with Crippen molar-refractivity contribution < 1.29 is 12.9 Å². The van der Waals surface area contributed by atoms with Gasteiger partial charge in [-0.1, -0.05) is 11.2 Å². The van der Waals surface area contributed by atoms with Crippen LogP contribution in [0.2, 0.25) is 0 Å². The molecule has 0 aromatic carbocycles. The van der Waals surface area contributed by atoms with Gasteiger partial charge in [-0.25, -0.2) is 18.1 Å². The summed E-state index contributed by atoms with van der Waals surface area (Å²) in [6.07, 6.45) is 1.79. The second kappa shape index (κ2) is 6.07. The maximum absolute atomic E-state index is 12.0. The third-order valence-corrected chi connectivity index (χ3v) is 3.90. The predicted octanol–water partition coefficient (Wildman–Crippen LogP) is -0.247. The number of hydrogen-bond acceptors (Lipinski definition) is 7. The SMILES string of the molecule is Cc1nc(CCNS(=O)(=O)c2ccc(CN)cn2)no1. The quantitative estimate of drug-likeness (QED) is 0.753. The van der Waals surface area contributed by atoms with E-state index in [9.17, 15) is 8.42 Å². The number of nitrogens with two attached hydrogens (primary N) is 1. The van der Waals surface area contributed by atoms with E-state index >= 15 is 0 Å². The average molecular weight is 297 g/mol. The van der Waals surface area contributed by atoms with Gasteiger partial charge in [0.2, 0.25) is 5.89 Å². The first-order valence-electron chi connectivity index (χ1n) is 5.95. The molecule has 0 unspecified atom stereocenters. The molecule has 0 saturated carbocycles. The Bertz CT molecular complexity index is 666. The van der Waals surface area contributed by atoms with Crippen molar-refractivity contribution in [3.8, 4) is 0 Å². The van der Waals surface area contributed by atoms with E-state index in [-0.39, 0.29) is 11.6 Å². The Kier molecular flexibility index (Phi) is 4.42. The molecule has 108 valence electrons. The second-order valence-corrected chi connectivity index (χ2v) is 5.80. The van der Waals surface area contributed by atoms with Gasteiger partial charge in [-0.3, -0.25) is 0 Å². The first kappa shape index (κ1) is 14.6. The van der Waals surface area contributed by atoms with Crippen molar-refractivity contribution in [1.82, 2.24) is 19.8 Å². The van der Waals surface area contributed by atoms with Crippen LogP contribution in [0.1, 0.15) is 17.3 Å². The standard InChI is InChI=1S/C11H15N5O3S/c1-8-15-10(16-19-8)4-5-14-20(17,18)11-3-2-9(6-12)7-13-11/h2-3,7,14H,4-6,12H2,1H3. The molecule has 0 saturated heterocycles. The fourth-order valence-electron chi connectivity index (χ4n) is 1.50. The number of aryl methyl sites for hydroxylation is 1. The third-order valence-electron chi connectivity index (χ3n) is 2.52. The van der Waals surface area contributed by atoms with Gasteiger partial charge >= 0.3 is 0 Å². The van der Waals surface area contributed by atoms with Crippen LogP contribution in [0.4, 0.5) is 0 Å². The summed E-state index contributed by atoms with van der Waals surface area (Å²) in [6, 6.07) is 3.05. The normalized spacial score (nSPS) is 11.7. The molecule has 2 aromatic heterocycles. The monoisotopic (exact) mass is 297 g/mol. The summed E-state index contributed by atoms with van der Waals surface area (Å²) in [4.78, 5) is 7.85. The molecule has 0 spiro atoms. The zero-order valence-electron chi connectivity index (χ0n) is 10.9. The zero-order chi connectivity index (χ0) is 14.6. The highest BCUT2D eigenvalue weighted by molar-refractivity contribution is 7.89. The average Bonchev–Trinajstić information content (AvgIpc) is 2.84. The summed E-state index contributed by atoms with van der Waals surface area (Å²) < 4.78 is 31.1. The highest BCUT2D eigenvalue weighted by Gasteiger charge is 2.15. The first-order chi connectivity index (χ1) is 9.51. The van der Waals surface area contributed by atoms with E-state index < -0.39 is 10.0 Å². The van der Waals surface area contributed by atoms with E-state index in [1.54, 1.807) is 13.0 Å². The topological polar surface area (TPSA) is 124 Å². The van der Waals surface area contributed by atoms with Crippen molar-refractivity contribution in [3.05, 3.63) is 35.6 Å². The second-order valence-electron chi connectivity index (χ2n) is 4.09. The van der Waals surface area contributed by atoms with Crippen molar-refractivity contribution in [3.63, 3.8) is 0 Å². The van der Waals surface area contributed by atoms with Gasteiger partial charge in [-0.05, 0) is 11.6 Å². The maximum Gasteiger partial charge on any atom is 0.258 e. The van der Waals surface area contributed by atoms with Gasteiger partial charge in [0.05, 0.1) is 0 Å². The molecular formula is C11H15N5O3S. The molecule has 0 aliphatic carbocycles. The summed E-state index contributed by atoms with van der Waals surface area (Å²) in [5.41, 5.74) is 6.20. The lowest BCUT2D eigenvalue weighted by atomic mass is 10.3. The van der Waals surface area contributed by atoms with E-state index in [2.05, 4.69) is 19.8 Å². The lowest BCUT2D eigenvalue weighted by molar-refractivity contribution is 0.387. The zero-order valence-corrected chi connectivity index (χ0v) is 11.7. The lowest BCUT2D eigenvalue weighted by Gasteiger charge is -2.05. The lowest BCUT2D eigenvalue weighted by Crippen LogP contribution is -2.27. The van der Waals surface area contributed by atoms with E-state index in [4.69, 9.17) is 10.3 Å². The molecular weight excluding hydrogens is 282 g/mol. The largest absolute Gasteiger partial charge is 0.340 e. The molecule has 0 fully saturated rings. The van der Waals surface area contributed by atoms with Crippen LogP contribution < -0.4 is 10.5 Å². The minimum absolute atomic E-state index is 0.0426. The molecule has 0 aliphatic rings. The van der Waals surface area contributed by atoms with E-state index in [0.29, 0.717) is 24.7 Å². The smallest absolute Gasteiger partial charge is 0.258 e. The van der Waals surface area contributed by atoms with Gasteiger partial charge in [-0.15, -0.1) is 0 Å². The predicted molar refractivity (Wildman–Crippen MR) is 70.1 cm³/mol. The summed E-state index contributed by atoms with van der Waals surface area (Å²) >= 11 is 0. The number of pyridine rings is 1. The maximum atomic E-state index is 12.0. The number of aromatic nitrogens is 3. The molecule has 0 bridgehead atoms. The van der Waals surface area contributed by atoms with Crippen molar-refractivity contribution in [2.45, 2.75) is 24.9 Å². The minimum Gasteiger partial charge on any atom is -0.340 e. The van der Waals surface area contributed by atoms with Crippen LogP contribution >= 0.6 is 0 Å². The van der Waals surface area contributed by atoms with Crippen molar-refractivity contribution in [2.75, 3.05) is 6.54 Å². The van der Waals surface area contributed by atoms with Crippen LogP contribution in [-0.4, -0.2) is 30.1 Å². The van der Waals surface area contributed by atoms with Gasteiger partial charge in [-0.2, -0.15) is 4.98 Å². The van der Waals surface area contributed by atoms with Gasteiger partial charge in [0.1, 0.15) is 0 Å². The van der Waals surface area contributed by atoms with Gasteiger partial charge < -0.3 is 10.3 Å². The van der Waals surface area contributed by atoms with Crippen LogP contribution in [0.15, 0.2) is 27.9 Å². The van der Waals surface area contributed by atoms with E-state index in [0.717, 1.165) is 5.56 Å². The summed E-state index contributed by atoms with van der Waals surface area (Å²) in [5.74, 6) is 0.901. The fraction of sp³-hybridized carbons (Fsp3) is 0.364. The molecule has 0 radical (unpaired) electrons. The van der Waals surface area contributed by atoms with Crippen LogP contribution in [0, 0.1) is 6.92 Å². The van der Waals surface area contributed by atoms with Gasteiger partial charge in [0, 0.05) is 32.6 Å². The first-order valence-corrected chi connectivity index (χ1v) is 7.43. The molecule has 20 heavy (non-hydrogen) atoms. The Hall–Kier alpha value is -1.84. The minimum atomic E-state index is -3.64. The number of rotatable bonds is 6. The Morgan fingerprint density at radius 3 is 2.75 bits per heavy atom. The fourth-order valence-corrected chi connectivity index (χ4v) is 2.46. The molecule has 8 nitrogen and oxygen atoms in total. The highest BCUT2D eigenvalue weighted by atomic mass is 32.2. The summed E-state index contributed by atoms with van der Waals surface area (Å²) in [6.45, 7) is 2.16. The summed E-state index contributed by atoms with van der Waals surface area (Å²) in [7, 11) is -3.64. The number of sulfonamides is 1. The number of hydrogen-bond donors (Lipinski definition) is 2. The molecule has 2 aromatic rings. The van der Waals surface area contributed by atoms with E-state index in [1.807, 2.05) is 0 Å². The van der Waals surface area contributed by atoms with Crippen molar-refractivity contribution in [2.24, 2.45) is 5.73 Å². The van der Waals surface area contributed by atoms with Crippen molar-refractivity contribution >= 4 is 10.0 Å². The third kappa shape index (κ3) is 3.59. The van der Waals surface area contributed by atoms with Crippen LogP contribution in [0.3, 0.4) is 0 Å². The Morgan fingerprint density at radius 1 is 1.40 bits per heavy atom. The Labute approximate surface area is 116 Å². The molecule has 0 atom stereocenters.